The summed E-state index contributed by atoms with van der Waals surface area (Å²) in [6.45, 7) is 3.11. The number of benzene rings is 1. The van der Waals surface area contributed by atoms with Gasteiger partial charge in [-0.2, -0.15) is 0 Å². The van der Waals surface area contributed by atoms with Crippen molar-refractivity contribution in [3.63, 3.8) is 0 Å². The molecule has 1 heterocycles. The fourth-order valence-electron chi connectivity index (χ4n) is 4.42. The van der Waals surface area contributed by atoms with E-state index in [-0.39, 0.29) is 40.0 Å². The van der Waals surface area contributed by atoms with E-state index >= 15 is 0 Å². The molecule has 1 aliphatic carbocycles. The first-order valence-electron chi connectivity index (χ1n) is 10.8. The van der Waals surface area contributed by atoms with E-state index in [9.17, 15) is 18.0 Å². The highest BCUT2D eigenvalue weighted by Crippen LogP contribution is 2.27. The van der Waals surface area contributed by atoms with Gasteiger partial charge in [-0.25, -0.2) is 8.42 Å². The summed E-state index contributed by atoms with van der Waals surface area (Å²) in [6, 6.07) is 6.37. The van der Waals surface area contributed by atoms with Crippen LogP contribution in [0.1, 0.15) is 68.6 Å². The Morgan fingerprint density at radius 3 is 2.34 bits per heavy atom. The van der Waals surface area contributed by atoms with Crippen LogP contribution in [0.5, 0.6) is 0 Å². The molecule has 2 amide bonds. The zero-order valence-electron chi connectivity index (χ0n) is 17.2. The van der Waals surface area contributed by atoms with Crippen LogP contribution in [0.25, 0.3) is 0 Å². The van der Waals surface area contributed by atoms with E-state index in [2.05, 4.69) is 5.32 Å². The highest BCUT2D eigenvalue weighted by molar-refractivity contribution is 7.91. The van der Waals surface area contributed by atoms with Crippen molar-refractivity contribution in [2.24, 2.45) is 5.92 Å². The molecule has 29 heavy (non-hydrogen) atoms. The summed E-state index contributed by atoms with van der Waals surface area (Å²) in [4.78, 5) is 27.5. The Balaban J connectivity index is 1.58. The Kier molecular flexibility index (Phi) is 7.33. The number of carbonyl (C=O) groups is 2. The molecule has 0 aromatic heterocycles. The summed E-state index contributed by atoms with van der Waals surface area (Å²) in [7, 11) is -3.47. The second-order valence-corrected chi connectivity index (χ2v) is 10.3. The molecule has 1 aliphatic heterocycles. The predicted octanol–water partition coefficient (Wildman–Crippen LogP) is 3.17. The molecule has 0 bridgehead atoms. The van der Waals surface area contributed by atoms with Gasteiger partial charge >= 0.3 is 0 Å². The van der Waals surface area contributed by atoms with Crippen molar-refractivity contribution in [3.8, 4) is 0 Å². The topological polar surface area (TPSA) is 83.6 Å². The monoisotopic (exact) mass is 420 g/mol. The van der Waals surface area contributed by atoms with Crippen LogP contribution < -0.4 is 5.32 Å². The average molecular weight is 421 g/mol. The third kappa shape index (κ3) is 5.38. The lowest BCUT2D eigenvalue weighted by atomic mass is 9.87. The van der Waals surface area contributed by atoms with Crippen LogP contribution >= 0.6 is 0 Å². The van der Waals surface area contributed by atoms with Crippen molar-refractivity contribution in [2.45, 2.75) is 69.2 Å². The lowest BCUT2D eigenvalue weighted by Crippen LogP contribution is -2.48. The van der Waals surface area contributed by atoms with Crippen LogP contribution in [0.3, 0.4) is 0 Å². The number of nitrogens with zero attached hydrogens (tertiary/aromatic N) is 1. The minimum Gasteiger partial charge on any atom is -0.349 e. The SMILES string of the molecule is CCCS(=O)(=O)c1ccccc1C(=O)NC1CCN(C(=O)C2CCCCC2)CC1. The van der Waals surface area contributed by atoms with Crippen LogP contribution in [0, 0.1) is 5.92 Å². The van der Waals surface area contributed by atoms with Gasteiger partial charge in [-0.3, -0.25) is 9.59 Å². The van der Waals surface area contributed by atoms with Crippen molar-refractivity contribution in [1.29, 1.82) is 0 Å². The van der Waals surface area contributed by atoms with E-state index in [4.69, 9.17) is 0 Å². The molecule has 1 N–H and O–H groups in total. The first kappa shape index (κ1) is 21.8. The van der Waals surface area contributed by atoms with E-state index in [0.29, 0.717) is 32.4 Å². The number of hydrogen-bond acceptors (Lipinski definition) is 4. The molecule has 1 saturated heterocycles. The molecule has 6 nitrogen and oxygen atoms in total. The second kappa shape index (κ2) is 9.74. The van der Waals surface area contributed by atoms with E-state index in [1.54, 1.807) is 18.2 Å². The standard InChI is InChI=1S/C22H32N2O4S/c1-2-16-29(27,28)20-11-7-6-10-19(20)21(25)23-18-12-14-24(15-13-18)22(26)17-8-4-3-5-9-17/h6-7,10-11,17-18H,2-5,8-9,12-16H2,1H3,(H,23,25). The largest absolute Gasteiger partial charge is 0.349 e. The average Bonchev–Trinajstić information content (AvgIpc) is 2.74. The van der Waals surface area contributed by atoms with Gasteiger partial charge < -0.3 is 10.2 Å². The molecule has 1 aromatic carbocycles. The summed E-state index contributed by atoms with van der Waals surface area (Å²) in [5.74, 6) is 0.118. The van der Waals surface area contributed by atoms with Crippen molar-refractivity contribution >= 4 is 21.7 Å². The Morgan fingerprint density at radius 1 is 1.03 bits per heavy atom. The molecule has 0 atom stereocenters. The minimum absolute atomic E-state index is 0.0267. The third-order valence-corrected chi connectivity index (χ3v) is 8.01. The number of sulfone groups is 1. The van der Waals surface area contributed by atoms with Crippen LogP contribution in [0.15, 0.2) is 29.2 Å². The summed E-state index contributed by atoms with van der Waals surface area (Å²) in [5, 5.41) is 2.99. The molecule has 0 unspecified atom stereocenters. The van der Waals surface area contributed by atoms with E-state index in [0.717, 1.165) is 25.7 Å². The van der Waals surface area contributed by atoms with E-state index in [1.165, 1.54) is 12.5 Å². The van der Waals surface area contributed by atoms with Gasteiger partial charge in [0.05, 0.1) is 16.2 Å². The molecule has 0 radical (unpaired) electrons. The summed E-state index contributed by atoms with van der Waals surface area (Å²) in [6.07, 6.45) is 7.42. The molecule has 3 rings (SSSR count). The first-order valence-corrected chi connectivity index (χ1v) is 12.5. The van der Waals surface area contributed by atoms with Gasteiger partial charge in [-0.1, -0.05) is 38.3 Å². The first-order chi connectivity index (χ1) is 13.9. The molecular formula is C22H32N2O4S. The van der Waals surface area contributed by atoms with Crippen LogP contribution in [0.4, 0.5) is 0 Å². The molecule has 0 spiro atoms. The Morgan fingerprint density at radius 2 is 1.69 bits per heavy atom. The van der Waals surface area contributed by atoms with E-state index in [1.807, 2.05) is 11.8 Å². The maximum Gasteiger partial charge on any atom is 0.252 e. The van der Waals surface area contributed by atoms with Gasteiger partial charge in [-0.05, 0) is 44.2 Å². The molecule has 7 heteroatoms. The van der Waals surface area contributed by atoms with Gasteiger partial charge in [-0.15, -0.1) is 0 Å². The van der Waals surface area contributed by atoms with Crippen molar-refractivity contribution in [3.05, 3.63) is 29.8 Å². The number of amides is 2. The fraction of sp³-hybridized carbons (Fsp3) is 0.636. The molecule has 1 aromatic rings. The summed E-state index contributed by atoms with van der Waals surface area (Å²) < 4.78 is 25.0. The van der Waals surface area contributed by atoms with Crippen LogP contribution in [0.2, 0.25) is 0 Å². The van der Waals surface area contributed by atoms with Gasteiger partial charge in [0, 0.05) is 25.0 Å². The number of hydrogen-bond donors (Lipinski definition) is 1. The number of piperidine rings is 1. The summed E-state index contributed by atoms with van der Waals surface area (Å²) >= 11 is 0. The Hall–Kier alpha value is -1.89. The van der Waals surface area contributed by atoms with Gasteiger partial charge in [0.15, 0.2) is 9.84 Å². The lowest BCUT2D eigenvalue weighted by Gasteiger charge is -2.35. The van der Waals surface area contributed by atoms with Crippen molar-refractivity contribution < 1.29 is 18.0 Å². The van der Waals surface area contributed by atoms with Crippen LogP contribution in [-0.2, 0) is 14.6 Å². The molecular weight excluding hydrogens is 388 g/mol. The zero-order chi connectivity index (χ0) is 20.9. The highest BCUT2D eigenvalue weighted by Gasteiger charge is 2.30. The third-order valence-electron chi connectivity index (χ3n) is 6.04. The molecule has 2 fully saturated rings. The van der Waals surface area contributed by atoms with E-state index < -0.39 is 9.84 Å². The zero-order valence-corrected chi connectivity index (χ0v) is 18.0. The lowest BCUT2D eigenvalue weighted by molar-refractivity contribution is -0.137. The smallest absolute Gasteiger partial charge is 0.252 e. The molecule has 160 valence electrons. The fourth-order valence-corrected chi connectivity index (χ4v) is 5.96. The van der Waals surface area contributed by atoms with Gasteiger partial charge in [0.1, 0.15) is 0 Å². The number of nitrogens with one attached hydrogen (secondary N) is 1. The normalized spacial score (nSPS) is 19.1. The van der Waals surface area contributed by atoms with Crippen molar-refractivity contribution in [2.75, 3.05) is 18.8 Å². The van der Waals surface area contributed by atoms with Crippen molar-refractivity contribution in [1.82, 2.24) is 10.2 Å². The van der Waals surface area contributed by atoms with Crippen LogP contribution in [-0.4, -0.2) is 50.0 Å². The Bertz CT molecular complexity index is 823. The Labute approximate surface area is 174 Å². The minimum atomic E-state index is -3.47. The second-order valence-electron chi connectivity index (χ2n) is 8.22. The highest BCUT2D eigenvalue weighted by atomic mass is 32.2. The number of carbonyl (C=O) groups excluding carboxylic acids is 2. The van der Waals surface area contributed by atoms with Gasteiger partial charge in [0.25, 0.3) is 5.91 Å². The summed E-state index contributed by atoms with van der Waals surface area (Å²) in [5.41, 5.74) is 0.210. The molecule has 1 saturated carbocycles. The van der Waals surface area contributed by atoms with Gasteiger partial charge in [0.2, 0.25) is 5.91 Å². The predicted molar refractivity (Wildman–Crippen MR) is 112 cm³/mol. The maximum atomic E-state index is 12.8. The quantitative estimate of drug-likeness (QED) is 0.766. The molecule has 2 aliphatic rings. The maximum absolute atomic E-state index is 12.8. The number of rotatable bonds is 6. The number of likely N-dealkylation sites (tertiary alicyclic amines) is 1.